The van der Waals surface area contributed by atoms with Crippen LogP contribution in [0.2, 0.25) is 0 Å². The van der Waals surface area contributed by atoms with Crippen molar-refractivity contribution in [3.8, 4) is 0 Å². The summed E-state index contributed by atoms with van der Waals surface area (Å²) in [5, 5.41) is 3.87. The standard InChI is InChI=1S/C12H21N3O2S/c1-6-17-9(16)8(2)7-13-11-14-10(15-18-11)12(3,4)5/h8H,6-7H2,1-5H3,(H,13,14,15). The number of esters is 1. The molecule has 1 unspecified atom stereocenters. The first kappa shape index (κ1) is 14.9. The Balaban J connectivity index is 2.49. The smallest absolute Gasteiger partial charge is 0.310 e. The Morgan fingerprint density at radius 2 is 2.17 bits per heavy atom. The lowest BCUT2D eigenvalue weighted by Crippen LogP contribution is -2.22. The quantitative estimate of drug-likeness (QED) is 0.833. The van der Waals surface area contributed by atoms with Crippen LogP contribution >= 0.6 is 11.5 Å². The zero-order valence-electron chi connectivity index (χ0n) is 11.6. The van der Waals surface area contributed by atoms with Crippen LogP contribution in [0.3, 0.4) is 0 Å². The van der Waals surface area contributed by atoms with Crippen LogP contribution in [-0.4, -0.2) is 28.5 Å². The van der Waals surface area contributed by atoms with Gasteiger partial charge in [0.05, 0.1) is 12.5 Å². The first-order valence-corrected chi connectivity index (χ1v) is 6.86. The van der Waals surface area contributed by atoms with Crippen molar-refractivity contribution in [1.82, 2.24) is 9.36 Å². The fraction of sp³-hybridized carbons (Fsp3) is 0.750. The van der Waals surface area contributed by atoms with Gasteiger partial charge in [-0.1, -0.05) is 27.7 Å². The third kappa shape index (κ3) is 4.25. The molecule has 0 saturated heterocycles. The summed E-state index contributed by atoms with van der Waals surface area (Å²) in [6, 6.07) is 0. The average Bonchev–Trinajstić information content (AvgIpc) is 2.74. The summed E-state index contributed by atoms with van der Waals surface area (Å²) < 4.78 is 9.24. The highest BCUT2D eigenvalue weighted by atomic mass is 32.1. The van der Waals surface area contributed by atoms with Gasteiger partial charge in [0.15, 0.2) is 0 Å². The van der Waals surface area contributed by atoms with E-state index in [1.165, 1.54) is 11.5 Å². The van der Waals surface area contributed by atoms with Crippen LogP contribution in [0.5, 0.6) is 0 Å². The summed E-state index contributed by atoms with van der Waals surface area (Å²) in [6.07, 6.45) is 0. The molecule has 0 amide bonds. The minimum Gasteiger partial charge on any atom is -0.466 e. The van der Waals surface area contributed by atoms with Gasteiger partial charge in [0.2, 0.25) is 5.13 Å². The minimum atomic E-state index is -0.189. The second kappa shape index (κ2) is 6.13. The van der Waals surface area contributed by atoms with Crippen molar-refractivity contribution in [3.63, 3.8) is 0 Å². The summed E-state index contributed by atoms with van der Waals surface area (Å²) in [5.74, 6) is 0.441. The molecule has 0 fully saturated rings. The van der Waals surface area contributed by atoms with Gasteiger partial charge in [0, 0.05) is 23.5 Å². The number of anilines is 1. The van der Waals surface area contributed by atoms with Gasteiger partial charge in [-0.15, -0.1) is 0 Å². The molecule has 0 saturated carbocycles. The lowest BCUT2D eigenvalue weighted by molar-refractivity contribution is -0.146. The molecule has 18 heavy (non-hydrogen) atoms. The van der Waals surface area contributed by atoms with Gasteiger partial charge in [-0.25, -0.2) is 4.98 Å². The Morgan fingerprint density at radius 3 is 2.67 bits per heavy atom. The monoisotopic (exact) mass is 271 g/mol. The van der Waals surface area contributed by atoms with E-state index in [0.29, 0.717) is 13.2 Å². The molecule has 5 nitrogen and oxygen atoms in total. The largest absolute Gasteiger partial charge is 0.466 e. The van der Waals surface area contributed by atoms with E-state index in [1.807, 2.05) is 6.92 Å². The lowest BCUT2D eigenvalue weighted by Gasteiger charge is -2.12. The zero-order valence-corrected chi connectivity index (χ0v) is 12.4. The molecule has 0 aliphatic heterocycles. The van der Waals surface area contributed by atoms with Crippen LogP contribution in [0, 0.1) is 5.92 Å². The van der Waals surface area contributed by atoms with E-state index in [0.717, 1.165) is 11.0 Å². The van der Waals surface area contributed by atoms with E-state index >= 15 is 0 Å². The van der Waals surface area contributed by atoms with Crippen LogP contribution in [0.15, 0.2) is 0 Å². The van der Waals surface area contributed by atoms with E-state index in [4.69, 9.17) is 4.74 Å². The fourth-order valence-electron chi connectivity index (χ4n) is 1.21. The van der Waals surface area contributed by atoms with Crippen LogP contribution < -0.4 is 5.32 Å². The van der Waals surface area contributed by atoms with Gasteiger partial charge < -0.3 is 10.1 Å². The van der Waals surface area contributed by atoms with Gasteiger partial charge in [-0.2, -0.15) is 4.37 Å². The fourth-order valence-corrected chi connectivity index (χ4v) is 1.97. The third-order valence-corrected chi connectivity index (χ3v) is 3.02. The Morgan fingerprint density at radius 1 is 1.50 bits per heavy atom. The summed E-state index contributed by atoms with van der Waals surface area (Å²) in [4.78, 5) is 15.8. The molecule has 1 N–H and O–H groups in total. The molecule has 0 bridgehead atoms. The molecule has 0 radical (unpaired) electrons. The van der Waals surface area contributed by atoms with Crippen molar-refractivity contribution in [2.24, 2.45) is 5.92 Å². The first-order valence-electron chi connectivity index (χ1n) is 6.09. The highest BCUT2D eigenvalue weighted by Gasteiger charge is 2.20. The van der Waals surface area contributed by atoms with E-state index in [-0.39, 0.29) is 17.3 Å². The highest BCUT2D eigenvalue weighted by molar-refractivity contribution is 7.09. The van der Waals surface area contributed by atoms with Crippen molar-refractivity contribution >= 4 is 22.6 Å². The number of hydrogen-bond donors (Lipinski definition) is 1. The maximum absolute atomic E-state index is 11.4. The van der Waals surface area contributed by atoms with Crippen molar-refractivity contribution in [3.05, 3.63) is 5.82 Å². The van der Waals surface area contributed by atoms with Gasteiger partial charge in [-0.05, 0) is 6.92 Å². The average molecular weight is 271 g/mol. The molecule has 0 aliphatic carbocycles. The minimum absolute atomic E-state index is 0.0524. The number of nitrogens with one attached hydrogen (secondary N) is 1. The van der Waals surface area contributed by atoms with Crippen molar-refractivity contribution in [2.75, 3.05) is 18.5 Å². The number of aromatic nitrogens is 2. The predicted molar refractivity (Wildman–Crippen MR) is 72.9 cm³/mol. The third-order valence-electron chi connectivity index (χ3n) is 2.35. The SMILES string of the molecule is CCOC(=O)C(C)CNc1nc(C(C)(C)C)ns1. The highest BCUT2D eigenvalue weighted by Crippen LogP contribution is 2.22. The number of rotatable bonds is 5. The van der Waals surface area contributed by atoms with Crippen LogP contribution in [0.4, 0.5) is 5.13 Å². The number of carbonyl (C=O) groups is 1. The Kier molecular flexibility index (Phi) is 5.07. The molecule has 1 rings (SSSR count). The molecular weight excluding hydrogens is 250 g/mol. The number of hydrogen-bond acceptors (Lipinski definition) is 6. The Hall–Kier alpha value is -1.17. The van der Waals surface area contributed by atoms with Crippen LogP contribution in [0.1, 0.15) is 40.4 Å². The van der Waals surface area contributed by atoms with E-state index in [9.17, 15) is 4.79 Å². The number of nitrogens with zero attached hydrogens (tertiary/aromatic N) is 2. The predicted octanol–water partition coefficient (Wildman–Crippen LogP) is 2.45. The van der Waals surface area contributed by atoms with Crippen molar-refractivity contribution in [2.45, 2.75) is 40.0 Å². The van der Waals surface area contributed by atoms with Gasteiger partial charge in [-0.3, -0.25) is 4.79 Å². The lowest BCUT2D eigenvalue weighted by atomic mass is 9.96. The molecule has 0 aliphatic rings. The normalized spacial score (nSPS) is 13.2. The number of ether oxygens (including phenoxy) is 1. The van der Waals surface area contributed by atoms with Crippen LogP contribution in [-0.2, 0) is 14.9 Å². The molecule has 0 spiro atoms. The zero-order chi connectivity index (χ0) is 13.8. The van der Waals surface area contributed by atoms with E-state index < -0.39 is 0 Å². The molecule has 6 heteroatoms. The molecular formula is C12H21N3O2S. The van der Waals surface area contributed by atoms with E-state index in [1.54, 1.807) is 6.92 Å². The summed E-state index contributed by atoms with van der Waals surface area (Å²) in [5.41, 5.74) is -0.0524. The summed E-state index contributed by atoms with van der Waals surface area (Å²) in [7, 11) is 0. The Bertz CT molecular complexity index is 398. The molecule has 1 aromatic rings. The van der Waals surface area contributed by atoms with Crippen LogP contribution in [0.25, 0.3) is 0 Å². The molecule has 0 aromatic carbocycles. The second-order valence-electron chi connectivity index (χ2n) is 5.21. The second-order valence-corrected chi connectivity index (χ2v) is 5.96. The number of carbonyl (C=O) groups excluding carboxylic acids is 1. The Labute approximate surface area is 112 Å². The van der Waals surface area contributed by atoms with E-state index in [2.05, 4.69) is 35.4 Å². The summed E-state index contributed by atoms with van der Waals surface area (Å²) >= 11 is 1.32. The topological polar surface area (TPSA) is 64.1 Å². The van der Waals surface area contributed by atoms with Gasteiger partial charge >= 0.3 is 5.97 Å². The first-order chi connectivity index (χ1) is 8.34. The summed E-state index contributed by atoms with van der Waals surface area (Å²) in [6.45, 7) is 10.8. The maximum Gasteiger partial charge on any atom is 0.310 e. The maximum atomic E-state index is 11.4. The van der Waals surface area contributed by atoms with Crippen molar-refractivity contribution < 1.29 is 9.53 Å². The van der Waals surface area contributed by atoms with Gasteiger partial charge in [0.1, 0.15) is 5.82 Å². The molecule has 102 valence electrons. The molecule has 1 heterocycles. The molecule has 1 aromatic heterocycles. The molecule has 1 atom stereocenters. The van der Waals surface area contributed by atoms with Gasteiger partial charge in [0.25, 0.3) is 0 Å². The van der Waals surface area contributed by atoms with Crippen molar-refractivity contribution in [1.29, 1.82) is 0 Å².